The monoisotopic (exact) mass is 430 g/mol. The normalized spacial score (nSPS) is 11.0. The summed E-state index contributed by atoms with van der Waals surface area (Å²) in [6.07, 6.45) is 0. The highest BCUT2D eigenvalue weighted by molar-refractivity contribution is 7.92. The van der Waals surface area contributed by atoms with Crippen molar-refractivity contribution in [1.82, 2.24) is 0 Å². The minimum absolute atomic E-state index is 0.0944. The zero-order chi connectivity index (χ0) is 20.9. The second kappa shape index (κ2) is 8.98. The summed E-state index contributed by atoms with van der Waals surface area (Å²) < 4.78 is 33.0. The molecule has 0 bridgehead atoms. The molecule has 0 saturated carbocycles. The van der Waals surface area contributed by atoms with Gasteiger partial charge in [0.15, 0.2) is 0 Å². The van der Waals surface area contributed by atoms with Crippen molar-refractivity contribution in [3.8, 4) is 5.75 Å². The van der Waals surface area contributed by atoms with E-state index in [-0.39, 0.29) is 16.5 Å². The van der Waals surface area contributed by atoms with E-state index in [4.69, 9.17) is 16.3 Å². The molecule has 0 saturated heterocycles. The van der Waals surface area contributed by atoms with Crippen LogP contribution in [-0.4, -0.2) is 20.9 Å². The molecule has 8 heteroatoms. The molecule has 3 aromatic carbocycles. The van der Waals surface area contributed by atoms with Crippen LogP contribution < -0.4 is 14.8 Å². The van der Waals surface area contributed by atoms with Gasteiger partial charge in [-0.2, -0.15) is 0 Å². The van der Waals surface area contributed by atoms with E-state index < -0.39 is 10.0 Å². The first-order chi connectivity index (χ1) is 13.9. The second-order valence-electron chi connectivity index (χ2n) is 6.05. The zero-order valence-corrected chi connectivity index (χ0v) is 17.1. The van der Waals surface area contributed by atoms with Crippen LogP contribution in [0.25, 0.3) is 0 Å². The molecule has 150 valence electrons. The lowest BCUT2D eigenvalue weighted by molar-refractivity contribution is 0.102. The summed E-state index contributed by atoms with van der Waals surface area (Å²) in [4.78, 5) is 12.5. The van der Waals surface area contributed by atoms with E-state index in [0.29, 0.717) is 28.6 Å². The third-order valence-corrected chi connectivity index (χ3v) is 5.57. The summed E-state index contributed by atoms with van der Waals surface area (Å²) in [5.74, 6) is 0.224. The molecule has 0 fully saturated rings. The Kier molecular flexibility index (Phi) is 6.41. The molecule has 1 amide bonds. The van der Waals surface area contributed by atoms with E-state index in [0.717, 1.165) is 0 Å². The smallest absolute Gasteiger partial charge is 0.261 e. The first kappa shape index (κ1) is 20.7. The molecular formula is C21H19ClN2O4S. The molecule has 0 aromatic heterocycles. The Morgan fingerprint density at radius 2 is 1.66 bits per heavy atom. The van der Waals surface area contributed by atoms with Gasteiger partial charge in [0.25, 0.3) is 15.9 Å². The molecule has 2 N–H and O–H groups in total. The Hall–Kier alpha value is -3.03. The van der Waals surface area contributed by atoms with Crippen LogP contribution in [0.3, 0.4) is 0 Å². The summed E-state index contributed by atoms with van der Waals surface area (Å²) in [5, 5.41) is 3.30. The van der Waals surface area contributed by atoms with Gasteiger partial charge in [-0.1, -0.05) is 17.7 Å². The van der Waals surface area contributed by atoms with Crippen LogP contribution in [0.15, 0.2) is 77.7 Å². The number of anilines is 2. The summed E-state index contributed by atoms with van der Waals surface area (Å²) in [6.45, 7) is 2.34. The maximum Gasteiger partial charge on any atom is 0.261 e. The number of benzene rings is 3. The number of hydrogen-bond acceptors (Lipinski definition) is 4. The lowest BCUT2D eigenvalue weighted by Gasteiger charge is -2.11. The maximum atomic E-state index is 12.6. The van der Waals surface area contributed by atoms with Crippen LogP contribution in [0.2, 0.25) is 5.02 Å². The third-order valence-electron chi connectivity index (χ3n) is 3.92. The van der Waals surface area contributed by atoms with Crippen molar-refractivity contribution in [3.05, 3.63) is 83.4 Å². The largest absolute Gasteiger partial charge is 0.494 e. The first-order valence-corrected chi connectivity index (χ1v) is 10.7. The van der Waals surface area contributed by atoms with E-state index in [1.54, 1.807) is 54.6 Å². The number of ether oxygens (including phenoxy) is 1. The van der Waals surface area contributed by atoms with E-state index in [2.05, 4.69) is 10.0 Å². The van der Waals surface area contributed by atoms with Gasteiger partial charge in [0.2, 0.25) is 0 Å². The molecule has 3 aromatic rings. The van der Waals surface area contributed by atoms with Gasteiger partial charge in [0.1, 0.15) is 5.75 Å². The van der Waals surface area contributed by atoms with Crippen molar-refractivity contribution in [2.75, 3.05) is 16.6 Å². The van der Waals surface area contributed by atoms with E-state index in [9.17, 15) is 13.2 Å². The molecule has 0 spiro atoms. The van der Waals surface area contributed by atoms with Crippen LogP contribution in [0.4, 0.5) is 11.4 Å². The van der Waals surface area contributed by atoms with Gasteiger partial charge in [-0.3, -0.25) is 9.52 Å². The standard InChI is InChI=1S/C21H19ClN2O4S/c1-2-28-19-10-12-20(13-11-19)29(26,27)24-18-5-3-4-15(14-18)21(25)23-17-8-6-16(22)7-9-17/h3-14,24H,2H2,1H3,(H,23,25). The lowest BCUT2D eigenvalue weighted by atomic mass is 10.2. The van der Waals surface area contributed by atoms with E-state index in [1.165, 1.54) is 18.2 Å². The molecule has 3 rings (SSSR count). The fourth-order valence-corrected chi connectivity index (χ4v) is 3.73. The average molecular weight is 431 g/mol. The van der Waals surface area contributed by atoms with Crippen molar-refractivity contribution in [2.24, 2.45) is 0 Å². The predicted molar refractivity (Wildman–Crippen MR) is 114 cm³/mol. The van der Waals surface area contributed by atoms with Crippen LogP contribution >= 0.6 is 11.6 Å². The fraction of sp³-hybridized carbons (Fsp3) is 0.0952. The number of hydrogen-bond donors (Lipinski definition) is 2. The lowest BCUT2D eigenvalue weighted by Crippen LogP contribution is -2.15. The van der Waals surface area contributed by atoms with Crippen molar-refractivity contribution in [2.45, 2.75) is 11.8 Å². The molecule has 0 aliphatic rings. The molecule has 0 radical (unpaired) electrons. The summed E-state index contributed by atoms with van der Waals surface area (Å²) in [5.41, 5.74) is 1.18. The number of amides is 1. The molecule has 0 aliphatic carbocycles. The highest BCUT2D eigenvalue weighted by Crippen LogP contribution is 2.21. The molecule has 0 atom stereocenters. The molecule has 0 aliphatic heterocycles. The molecular weight excluding hydrogens is 412 g/mol. The Balaban J connectivity index is 1.74. The Morgan fingerprint density at radius 3 is 2.31 bits per heavy atom. The second-order valence-corrected chi connectivity index (χ2v) is 8.17. The number of carbonyl (C=O) groups is 1. The minimum Gasteiger partial charge on any atom is -0.494 e. The van der Waals surface area contributed by atoms with Gasteiger partial charge >= 0.3 is 0 Å². The number of halogens is 1. The quantitative estimate of drug-likeness (QED) is 0.564. The van der Waals surface area contributed by atoms with Crippen molar-refractivity contribution in [3.63, 3.8) is 0 Å². The summed E-state index contributed by atoms with van der Waals surface area (Å²) in [7, 11) is -3.80. The van der Waals surface area contributed by atoms with E-state index in [1.807, 2.05) is 6.92 Å². The topological polar surface area (TPSA) is 84.5 Å². The SMILES string of the molecule is CCOc1ccc(S(=O)(=O)Nc2cccc(C(=O)Nc3ccc(Cl)cc3)c2)cc1. The molecule has 0 unspecified atom stereocenters. The van der Waals surface area contributed by atoms with E-state index >= 15 is 0 Å². The Bertz CT molecular complexity index is 1100. The van der Waals surface area contributed by atoms with Crippen molar-refractivity contribution < 1.29 is 17.9 Å². The van der Waals surface area contributed by atoms with Gasteiger partial charge in [0.05, 0.1) is 11.5 Å². The number of rotatable bonds is 7. The Labute approximate surface area is 174 Å². The van der Waals surface area contributed by atoms with Crippen molar-refractivity contribution >= 4 is 38.9 Å². The third kappa shape index (κ3) is 5.49. The highest BCUT2D eigenvalue weighted by atomic mass is 35.5. The van der Waals surface area contributed by atoms with Crippen molar-refractivity contribution in [1.29, 1.82) is 0 Å². The molecule has 6 nitrogen and oxygen atoms in total. The van der Waals surface area contributed by atoms with Gasteiger partial charge in [0, 0.05) is 22.0 Å². The average Bonchev–Trinajstić information content (AvgIpc) is 2.70. The molecule has 29 heavy (non-hydrogen) atoms. The number of sulfonamides is 1. The molecule has 0 heterocycles. The summed E-state index contributed by atoms with van der Waals surface area (Å²) in [6, 6.07) is 19.0. The number of carbonyl (C=O) groups excluding carboxylic acids is 1. The Morgan fingerprint density at radius 1 is 0.966 bits per heavy atom. The van der Waals surface area contributed by atoms with Gasteiger partial charge in [-0.05, 0) is 73.7 Å². The highest BCUT2D eigenvalue weighted by Gasteiger charge is 2.15. The van der Waals surface area contributed by atoms with Gasteiger partial charge in [-0.15, -0.1) is 0 Å². The fourth-order valence-electron chi connectivity index (χ4n) is 2.56. The maximum absolute atomic E-state index is 12.6. The van der Waals surface area contributed by atoms with Crippen LogP contribution in [0, 0.1) is 0 Å². The van der Waals surface area contributed by atoms with Gasteiger partial charge in [-0.25, -0.2) is 8.42 Å². The van der Waals surface area contributed by atoms with Crippen LogP contribution in [0.1, 0.15) is 17.3 Å². The summed E-state index contributed by atoms with van der Waals surface area (Å²) >= 11 is 5.84. The predicted octanol–water partition coefficient (Wildman–Crippen LogP) is 4.79. The van der Waals surface area contributed by atoms with Gasteiger partial charge < -0.3 is 10.1 Å². The first-order valence-electron chi connectivity index (χ1n) is 8.80. The minimum atomic E-state index is -3.80. The zero-order valence-electron chi connectivity index (χ0n) is 15.6. The van der Waals surface area contributed by atoms with Crippen LogP contribution in [0.5, 0.6) is 5.75 Å². The number of nitrogens with one attached hydrogen (secondary N) is 2. The van der Waals surface area contributed by atoms with Crippen LogP contribution in [-0.2, 0) is 10.0 Å².